The Morgan fingerprint density at radius 2 is 2.31 bits per heavy atom. The van der Waals surface area contributed by atoms with Crippen LogP contribution in [0.3, 0.4) is 0 Å². The molecule has 0 aromatic heterocycles. The minimum absolute atomic E-state index is 0.707. The van der Waals surface area contributed by atoms with Crippen LogP contribution in [-0.2, 0) is 12.8 Å². The van der Waals surface area contributed by atoms with Crippen LogP contribution in [0.4, 0.5) is 0 Å². The smallest absolute Gasteiger partial charge is 0.122 e. The van der Waals surface area contributed by atoms with E-state index in [0.717, 1.165) is 31.6 Å². The number of hydrogen-bond acceptors (Lipinski definition) is 2. The highest BCUT2D eigenvalue weighted by Gasteiger charge is 2.09. The fraction of sp³-hybridized carbons (Fsp3) is 0.455. The van der Waals surface area contributed by atoms with Crippen molar-refractivity contribution in [2.45, 2.75) is 19.3 Å². The van der Waals surface area contributed by atoms with Gasteiger partial charge in [0.15, 0.2) is 0 Å². The summed E-state index contributed by atoms with van der Waals surface area (Å²) >= 11 is 0. The van der Waals surface area contributed by atoms with Gasteiger partial charge in [-0.25, -0.2) is 0 Å². The van der Waals surface area contributed by atoms with Gasteiger partial charge in [-0.2, -0.15) is 0 Å². The molecule has 0 amide bonds. The summed E-state index contributed by atoms with van der Waals surface area (Å²) in [6.45, 7) is 1.57. The number of fused-ring (bicyclic) bond motifs is 1. The minimum atomic E-state index is 0.707. The van der Waals surface area contributed by atoms with Crippen molar-refractivity contribution in [2.75, 3.05) is 13.2 Å². The standard InChI is InChI=1S/C11H15NO/c12-6-5-9-3-4-10-2-1-7-13-11(10)8-9/h3-4,8H,1-2,5-7,12H2. The maximum absolute atomic E-state index is 5.57. The van der Waals surface area contributed by atoms with Crippen LogP contribution in [0.1, 0.15) is 17.5 Å². The zero-order chi connectivity index (χ0) is 9.10. The Bertz CT molecular complexity index is 296. The molecule has 0 unspecified atom stereocenters. The van der Waals surface area contributed by atoms with Crippen molar-refractivity contribution in [1.82, 2.24) is 0 Å². The van der Waals surface area contributed by atoms with E-state index in [1.54, 1.807) is 0 Å². The van der Waals surface area contributed by atoms with Gasteiger partial charge >= 0.3 is 0 Å². The zero-order valence-corrected chi connectivity index (χ0v) is 7.75. The first-order valence-electron chi connectivity index (χ1n) is 4.85. The monoisotopic (exact) mass is 177 g/mol. The normalized spacial score (nSPS) is 14.8. The van der Waals surface area contributed by atoms with Gasteiger partial charge in [0, 0.05) is 0 Å². The van der Waals surface area contributed by atoms with E-state index >= 15 is 0 Å². The van der Waals surface area contributed by atoms with Gasteiger partial charge in [0.1, 0.15) is 5.75 Å². The van der Waals surface area contributed by atoms with E-state index < -0.39 is 0 Å². The first-order valence-corrected chi connectivity index (χ1v) is 4.85. The lowest BCUT2D eigenvalue weighted by molar-refractivity contribution is 0.288. The van der Waals surface area contributed by atoms with Crippen LogP contribution in [0.15, 0.2) is 18.2 Å². The van der Waals surface area contributed by atoms with E-state index in [9.17, 15) is 0 Å². The highest BCUT2D eigenvalue weighted by atomic mass is 16.5. The van der Waals surface area contributed by atoms with Gasteiger partial charge in [-0.1, -0.05) is 12.1 Å². The minimum Gasteiger partial charge on any atom is -0.493 e. The molecule has 2 rings (SSSR count). The van der Waals surface area contributed by atoms with Crippen molar-refractivity contribution in [2.24, 2.45) is 5.73 Å². The van der Waals surface area contributed by atoms with Crippen LogP contribution in [0.5, 0.6) is 5.75 Å². The second kappa shape index (κ2) is 3.79. The molecule has 1 aliphatic heterocycles. The molecule has 0 fully saturated rings. The van der Waals surface area contributed by atoms with Gasteiger partial charge in [0.2, 0.25) is 0 Å². The topological polar surface area (TPSA) is 35.2 Å². The van der Waals surface area contributed by atoms with Crippen LogP contribution >= 0.6 is 0 Å². The van der Waals surface area contributed by atoms with Crippen LogP contribution in [0.25, 0.3) is 0 Å². The SMILES string of the molecule is NCCc1ccc2c(c1)OCCC2. The molecule has 1 heterocycles. The Labute approximate surface area is 78.7 Å². The number of hydrogen-bond donors (Lipinski definition) is 1. The third kappa shape index (κ3) is 1.83. The summed E-state index contributed by atoms with van der Waals surface area (Å²) in [6.07, 6.45) is 3.23. The van der Waals surface area contributed by atoms with Crippen molar-refractivity contribution >= 4 is 0 Å². The summed E-state index contributed by atoms with van der Waals surface area (Å²) < 4.78 is 5.57. The second-order valence-corrected chi connectivity index (χ2v) is 3.43. The lowest BCUT2D eigenvalue weighted by Gasteiger charge is -2.17. The first kappa shape index (κ1) is 8.57. The van der Waals surface area contributed by atoms with E-state index in [2.05, 4.69) is 18.2 Å². The number of rotatable bonds is 2. The molecule has 1 aromatic carbocycles. The van der Waals surface area contributed by atoms with Crippen LogP contribution < -0.4 is 10.5 Å². The molecule has 0 spiro atoms. The zero-order valence-electron chi connectivity index (χ0n) is 7.75. The summed E-state index contributed by atoms with van der Waals surface area (Å²) in [5.41, 5.74) is 8.12. The molecular formula is C11H15NO. The molecule has 70 valence electrons. The molecule has 2 N–H and O–H groups in total. The molecule has 2 heteroatoms. The third-order valence-corrected chi connectivity index (χ3v) is 2.41. The predicted molar refractivity (Wildman–Crippen MR) is 53.0 cm³/mol. The fourth-order valence-electron chi connectivity index (χ4n) is 1.71. The summed E-state index contributed by atoms with van der Waals surface area (Å²) in [4.78, 5) is 0. The Balaban J connectivity index is 2.24. The van der Waals surface area contributed by atoms with Gasteiger partial charge in [0.25, 0.3) is 0 Å². The quantitative estimate of drug-likeness (QED) is 0.743. The van der Waals surface area contributed by atoms with Crippen LogP contribution in [0, 0.1) is 0 Å². The highest BCUT2D eigenvalue weighted by Crippen LogP contribution is 2.25. The van der Waals surface area contributed by atoms with Crippen LogP contribution in [0.2, 0.25) is 0 Å². The van der Waals surface area contributed by atoms with E-state index in [1.807, 2.05) is 0 Å². The van der Waals surface area contributed by atoms with Gasteiger partial charge in [-0.15, -0.1) is 0 Å². The van der Waals surface area contributed by atoms with Crippen molar-refractivity contribution in [1.29, 1.82) is 0 Å². The van der Waals surface area contributed by atoms with Crippen molar-refractivity contribution < 1.29 is 4.74 Å². The van der Waals surface area contributed by atoms with Gasteiger partial charge in [0.05, 0.1) is 6.61 Å². The number of nitrogens with two attached hydrogens (primary N) is 1. The summed E-state index contributed by atoms with van der Waals surface area (Å²) in [5.74, 6) is 1.07. The van der Waals surface area contributed by atoms with E-state index in [1.165, 1.54) is 11.1 Å². The Kier molecular flexibility index (Phi) is 2.50. The maximum atomic E-state index is 5.57. The Morgan fingerprint density at radius 3 is 3.15 bits per heavy atom. The van der Waals surface area contributed by atoms with Crippen molar-refractivity contribution in [3.63, 3.8) is 0 Å². The summed E-state index contributed by atoms with van der Waals surface area (Å²) in [5, 5.41) is 0. The molecule has 13 heavy (non-hydrogen) atoms. The van der Waals surface area contributed by atoms with E-state index in [4.69, 9.17) is 10.5 Å². The van der Waals surface area contributed by atoms with Gasteiger partial charge in [-0.3, -0.25) is 0 Å². The van der Waals surface area contributed by atoms with Gasteiger partial charge < -0.3 is 10.5 Å². The molecule has 0 atom stereocenters. The molecule has 1 aromatic rings. The average molecular weight is 177 g/mol. The fourth-order valence-corrected chi connectivity index (χ4v) is 1.71. The molecule has 1 aliphatic rings. The van der Waals surface area contributed by atoms with E-state index in [-0.39, 0.29) is 0 Å². The molecule has 0 saturated carbocycles. The number of benzene rings is 1. The van der Waals surface area contributed by atoms with Gasteiger partial charge in [-0.05, 0) is 43.0 Å². The third-order valence-electron chi connectivity index (χ3n) is 2.41. The van der Waals surface area contributed by atoms with Crippen molar-refractivity contribution in [3.8, 4) is 5.75 Å². The van der Waals surface area contributed by atoms with Crippen LogP contribution in [-0.4, -0.2) is 13.2 Å². The molecule has 0 saturated heterocycles. The number of aryl methyl sites for hydroxylation is 1. The molecule has 0 bridgehead atoms. The lowest BCUT2D eigenvalue weighted by atomic mass is 10.0. The average Bonchev–Trinajstić information content (AvgIpc) is 2.18. The van der Waals surface area contributed by atoms with E-state index in [0.29, 0.717) is 6.54 Å². The molecule has 2 nitrogen and oxygen atoms in total. The maximum Gasteiger partial charge on any atom is 0.122 e. The summed E-state index contributed by atoms with van der Waals surface area (Å²) in [7, 11) is 0. The predicted octanol–water partition coefficient (Wildman–Crippen LogP) is 1.51. The molecule has 0 radical (unpaired) electrons. The number of ether oxygens (including phenoxy) is 1. The highest BCUT2D eigenvalue weighted by molar-refractivity contribution is 5.38. The Morgan fingerprint density at radius 1 is 1.38 bits per heavy atom. The Hall–Kier alpha value is -1.02. The molecule has 0 aliphatic carbocycles. The molecular weight excluding hydrogens is 162 g/mol. The second-order valence-electron chi connectivity index (χ2n) is 3.43. The first-order chi connectivity index (χ1) is 6.40. The lowest BCUT2D eigenvalue weighted by Crippen LogP contribution is -2.09. The van der Waals surface area contributed by atoms with Crippen molar-refractivity contribution in [3.05, 3.63) is 29.3 Å². The largest absolute Gasteiger partial charge is 0.493 e. The summed E-state index contributed by atoms with van der Waals surface area (Å²) in [6, 6.07) is 6.45.